The molecular weight excluding hydrogens is 474 g/mol. The van der Waals surface area contributed by atoms with E-state index in [0.717, 1.165) is 35.5 Å². The molecule has 0 aromatic heterocycles. The van der Waals surface area contributed by atoms with Gasteiger partial charge in [-0.15, -0.1) is 0 Å². The Kier molecular flexibility index (Phi) is 7.09. The molecule has 0 N–H and O–H groups in total. The molecule has 2 nitrogen and oxygen atoms in total. The third-order valence-corrected chi connectivity index (χ3v) is 7.32. The fraction of sp³-hybridized carbons (Fsp3) is 0.0811. The molecule has 39 heavy (non-hydrogen) atoms. The van der Waals surface area contributed by atoms with Gasteiger partial charge in [0.25, 0.3) is 0 Å². The highest BCUT2D eigenvalue weighted by Crippen LogP contribution is 2.35. The van der Waals surface area contributed by atoms with E-state index in [-0.39, 0.29) is 0 Å². The lowest BCUT2D eigenvalue weighted by atomic mass is 9.98. The lowest BCUT2D eigenvalue weighted by molar-refractivity contribution is 0.415. The molecule has 0 atom stereocenters. The van der Waals surface area contributed by atoms with Crippen LogP contribution in [-0.4, -0.2) is 7.11 Å². The highest BCUT2D eigenvalue weighted by molar-refractivity contribution is 5.87. The quantitative estimate of drug-likeness (QED) is 0.218. The van der Waals surface area contributed by atoms with Crippen molar-refractivity contribution >= 4 is 28.6 Å². The van der Waals surface area contributed by atoms with Crippen LogP contribution in [-0.2, 0) is 6.42 Å². The largest absolute Gasteiger partial charge is 0.497 e. The Bertz CT molecular complexity index is 1560. The van der Waals surface area contributed by atoms with Gasteiger partial charge in [0.1, 0.15) is 5.75 Å². The number of aryl methyl sites for hydroxylation is 1. The maximum absolute atomic E-state index is 5.44. The maximum atomic E-state index is 5.44. The van der Waals surface area contributed by atoms with Crippen molar-refractivity contribution in [2.45, 2.75) is 12.8 Å². The molecule has 0 fully saturated rings. The van der Waals surface area contributed by atoms with Crippen LogP contribution in [0.3, 0.4) is 0 Å². The van der Waals surface area contributed by atoms with Crippen LogP contribution in [0.15, 0.2) is 140 Å². The molecule has 5 aromatic rings. The van der Waals surface area contributed by atoms with Crippen molar-refractivity contribution in [1.82, 2.24) is 0 Å². The van der Waals surface area contributed by atoms with Crippen LogP contribution >= 0.6 is 0 Å². The highest BCUT2D eigenvalue weighted by Gasteiger charge is 2.16. The van der Waals surface area contributed by atoms with Crippen LogP contribution < -0.4 is 9.64 Å². The summed E-state index contributed by atoms with van der Waals surface area (Å²) >= 11 is 0. The van der Waals surface area contributed by atoms with E-state index in [1.54, 1.807) is 7.11 Å². The highest BCUT2D eigenvalue weighted by atomic mass is 16.5. The van der Waals surface area contributed by atoms with Gasteiger partial charge in [-0.3, -0.25) is 0 Å². The van der Waals surface area contributed by atoms with Crippen LogP contribution in [0.4, 0.5) is 11.4 Å². The average molecular weight is 506 g/mol. The summed E-state index contributed by atoms with van der Waals surface area (Å²) in [5, 5.41) is 0. The van der Waals surface area contributed by atoms with Crippen molar-refractivity contribution in [1.29, 1.82) is 0 Å². The molecule has 0 radical (unpaired) electrons. The molecule has 1 aliphatic carbocycles. The molecule has 0 bridgehead atoms. The summed E-state index contributed by atoms with van der Waals surface area (Å²) < 4.78 is 5.44. The second kappa shape index (κ2) is 11.3. The second-order valence-corrected chi connectivity index (χ2v) is 9.76. The summed E-state index contributed by atoms with van der Waals surface area (Å²) in [6, 6.07) is 47.0. The Labute approximate surface area is 231 Å². The number of nitrogens with zero attached hydrogens (tertiary/aromatic N) is 1. The van der Waals surface area contributed by atoms with Gasteiger partial charge in [-0.25, -0.2) is 0 Å². The zero-order valence-electron chi connectivity index (χ0n) is 22.1. The Hall–Kier alpha value is -4.82. The standard InChI is InChI=1S/C37H31NO/c1-39-35-24-22-34(23-25-35)38(27-37(29-10-4-2-5-11-29)30-12-6-3-7-13-30)33-20-16-28(17-21-33)26-32-19-18-31-14-8-9-15-36(31)32/h2-17,20-27H,18-19H2,1H3/b32-26-. The summed E-state index contributed by atoms with van der Waals surface area (Å²) in [6.07, 6.45) is 6.80. The molecule has 0 unspecified atom stereocenters. The number of rotatable bonds is 7. The van der Waals surface area contributed by atoms with Crippen molar-refractivity contribution in [2.24, 2.45) is 0 Å². The summed E-state index contributed by atoms with van der Waals surface area (Å²) in [5.74, 6) is 0.841. The Morgan fingerprint density at radius 1 is 0.615 bits per heavy atom. The minimum atomic E-state index is 0.841. The number of anilines is 2. The number of ether oxygens (including phenoxy) is 1. The number of benzene rings is 5. The van der Waals surface area contributed by atoms with E-state index >= 15 is 0 Å². The van der Waals surface area contributed by atoms with E-state index in [0.29, 0.717) is 0 Å². The molecule has 2 heteroatoms. The summed E-state index contributed by atoms with van der Waals surface area (Å²) in [4.78, 5) is 2.26. The summed E-state index contributed by atoms with van der Waals surface area (Å²) in [7, 11) is 1.70. The smallest absolute Gasteiger partial charge is 0.119 e. The molecule has 0 heterocycles. The molecule has 5 aromatic carbocycles. The number of methoxy groups -OCH3 is 1. The first-order valence-electron chi connectivity index (χ1n) is 13.4. The second-order valence-electron chi connectivity index (χ2n) is 9.76. The van der Waals surface area contributed by atoms with E-state index in [1.165, 1.54) is 33.4 Å². The molecule has 0 amide bonds. The number of fused-ring (bicyclic) bond motifs is 1. The van der Waals surface area contributed by atoms with Gasteiger partial charge in [-0.05, 0) is 82.6 Å². The molecule has 0 saturated carbocycles. The Morgan fingerprint density at radius 3 is 1.79 bits per heavy atom. The van der Waals surface area contributed by atoms with Gasteiger partial charge in [0.05, 0.1) is 7.11 Å². The van der Waals surface area contributed by atoms with Crippen molar-refractivity contribution in [3.8, 4) is 5.75 Å². The van der Waals surface area contributed by atoms with Crippen molar-refractivity contribution < 1.29 is 4.74 Å². The van der Waals surface area contributed by atoms with Crippen molar-refractivity contribution in [3.63, 3.8) is 0 Å². The molecule has 0 spiro atoms. The Morgan fingerprint density at radius 2 is 1.18 bits per heavy atom. The lowest BCUT2D eigenvalue weighted by Crippen LogP contribution is -2.10. The maximum Gasteiger partial charge on any atom is 0.119 e. The van der Waals surface area contributed by atoms with Gasteiger partial charge in [0.15, 0.2) is 0 Å². The van der Waals surface area contributed by atoms with Gasteiger partial charge in [-0.2, -0.15) is 0 Å². The molecule has 0 saturated heterocycles. The fourth-order valence-electron chi connectivity index (χ4n) is 5.26. The number of hydrogen-bond donors (Lipinski definition) is 0. The van der Waals surface area contributed by atoms with Crippen LogP contribution in [0.2, 0.25) is 0 Å². The third-order valence-electron chi connectivity index (χ3n) is 7.32. The van der Waals surface area contributed by atoms with E-state index in [9.17, 15) is 0 Å². The summed E-state index contributed by atoms with van der Waals surface area (Å²) in [6.45, 7) is 0. The first-order chi connectivity index (χ1) is 19.3. The number of hydrogen-bond acceptors (Lipinski definition) is 2. The monoisotopic (exact) mass is 505 g/mol. The Balaban J connectivity index is 1.42. The molecular formula is C37H31NO. The fourth-order valence-corrected chi connectivity index (χ4v) is 5.26. The first kappa shape index (κ1) is 24.5. The van der Waals surface area contributed by atoms with Gasteiger partial charge < -0.3 is 9.64 Å². The first-order valence-corrected chi connectivity index (χ1v) is 13.4. The lowest BCUT2D eigenvalue weighted by Gasteiger charge is -2.24. The van der Waals surface area contributed by atoms with Crippen molar-refractivity contribution in [3.05, 3.63) is 167 Å². The normalized spacial score (nSPS) is 13.1. The summed E-state index contributed by atoms with van der Waals surface area (Å²) in [5.41, 5.74) is 11.1. The third kappa shape index (κ3) is 5.42. The van der Waals surface area contributed by atoms with Gasteiger partial charge in [0, 0.05) is 23.1 Å². The molecule has 0 aliphatic heterocycles. The zero-order chi connectivity index (χ0) is 26.4. The minimum Gasteiger partial charge on any atom is -0.497 e. The SMILES string of the molecule is COc1ccc(N(C=C(c2ccccc2)c2ccccc2)c2ccc(/C=C3/CCc4ccccc43)cc2)cc1. The van der Waals surface area contributed by atoms with Crippen molar-refractivity contribution in [2.75, 3.05) is 12.0 Å². The van der Waals surface area contributed by atoms with E-state index < -0.39 is 0 Å². The van der Waals surface area contributed by atoms with Gasteiger partial charge in [0.2, 0.25) is 0 Å². The zero-order valence-corrected chi connectivity index (χ0v) is 22.1. The van der Waals surface area contributed by atoms with E-state index in [2.05, 4.69) is 139 Å². The minimum absolute atomic E-state index is 0.841. The predicted molar refractivity (Wildman–Crippen MR) is 164 cm³/mol. The molecule has 6 rings (SSSR count). The van der Waals surface area contributed by atoms with Crippen LogP contribution in [0.25, 0.3) is 17.2 Å². The number of allylic oxidation sites excluding steroid dienone is 1. The topological polar surface area (TPSA) is 12.5 Å². The average Bonchev–Trinajstić information content (AvgIpc) is 3.42. The van der Waals surface area contributed by atoms with Gasteiger partial charge in [-0.1, -0.05) is 103 Å². The van der Waals surface area contributed by atoms with Gasteiger partial charge >= 0.3 is 0 Å². The van der Waals surface area contributed by atoms with E-state index in [1.807, 2.05) is 12.1 Å². The van der Waals surface area contributed by atoms with E-state index in [4.69, 9.17) is 4.74 Å². The molecule has 1 aliphatic rings. The predicted octanol–water partition coefficient (Wildman–Crippen LogP) is 9.41. The molecule has 190 valence electrons. The van der Waals surface area contributed by atoms with Crippen LogP contribution in [0.1, 0.15) is 34.2 Å². The van der Waals surface area contributed by atoms with Crippen LogP contribution in [0, 0.1) is 0 Å². The van der Waals surface area contributed by atoms with Crippen LogP contribution in [0.5, 0.6) is 5.75 Å².